The van der Waals surface area contributed by atoms with Gasteiger partial charge in [-0.3, -0.25) is 4.90 Å². The second-order valence-corrected chi connectivity index (χ2v) is 6.86. The molecule has 3 rings (SSSR count). The Labute approximate surface area is 129 Å². The fourth-order valence-corrected chi connectivity index (χ4v) is 4.37. The minimum atomic E-state index is 0.531. The second-order valence-electron chi connectivity index (χ2n) is 6.86. The maximum Gasteiger partial charge on any atom is 0.0322 e. The molecule has 1 aromatic rings. The van der Waals surface area contributed by atoms with E-state index < -0.39 is 0 Å². The summed E-state index contributed by atoms with van der Waals surface area (Å²) in [5, 5.41) is 3.77. The first-order chi connectivity index (χ1) is 10.2. The minimum absolute atomic E-state index is 0.531. The minimum Gasteiger partial charge on any atom is -0.311 e. The van der Waals surface area contributed by atoms with E-state index in [4.69, 9.17) is 0 Å². The topological polar surface area (TPSA) is 15.3 Å². The monoisotopic (exact) mass is 286 g/mol. The van der Waals surface area contributed by atoms with Gasteiger partial charge in [0.2, 0.25) is 0 Å². The molecule has 2 aliphatic rings. The number of aryl methyl sites for hydroxylation is 1. The summed E-state index contributed by atoms with van der Waals surface area (Å²) in [4.78, 5) is 2.73. The van der Waals surface area contributed by atoms with Gasteiger partial charge in [0.25, 0.3) is 0 Å². The molecule has 2 heteroatoms. The molecule has 0 aliphatic carbocycles. The summed E-state index contributed by atoms with van der Waals surface area (Å²) in [6, 6.07) is 12.1. The number of fused-ring (bicyclic) bond motifs is 2. The van der Waals surface area contributed by atoms with Gasteiger partial charge in [-0.15, -0.1) is 0 Å². The lowest BCUT2D eigenvalue weighted by Gasteiger charge is -2.40. The van der Waals surface area contributed by atoms with Crippen molar-refractivity contribution in [3.63, 3.8) is 0 Å². The Hall–Kier alpha value is -0.860. The van der Waals surface area contributed by atoms with Gasteiger partial charge < -0.3 is 5.32 Å². The molecular formula is C19H30N2. The molecule has 1 N–H and O–H groups in total. The van der Waals surface area contributed by atoms with E-state index in [1.54, 1.807) is 0 Å². The molecule has 2 aliphatic heterocycles. The summed E-state index contributed by atoms with van der Waals surface area (Å²) >= 11 is 0. The summed E-state index contributed by atoms with van der Waals surface area (Å²) in [5.74, 6) is 0. The van der Waals surface area contributed by atoms with Crippen LogP contribution in [0, 0.1) is 0 Å². The average molecular weight is 286 g/mol. The molecule has 116 valence electrons. The highest BCUT2D eigenvalue weighted by Crippen LogP contribution is 2.33. The Morgan fingerprint density at radius 1 is 1.10 bits per heavy atom. The van der Waals surface area contributed by atoms with Crippen LogP contribution in [0.3, 0.4) is 0 Å². The van der Waals surface area contributed by atoms with Crippen LogP contribution in [0.4, 0.5) is 0 Å². The molecule has 2 heterocycles. The third-order valence-electron chi connectivity index (χ3n) is 5.65. The smallest absolute Gasteiger partial charge is 0.0322 e. The summed E-state index contributed by atoms with van der Waals surface area (Å²) in [7, 11) is 0. The van der Waals surface area contributed by atoms with Crippen molar-refractivity contribution in [2.24, 2.45) is 0 Å². The lowest BCUT2D eigenvalue weighted by atomic mass is 9.95. The van der Waals surface area contributed by atoms with Crippen molar-refractivity contribution in [3.05, 3.63) is 35.4 Å². The first-order valence-electron chi connectivity index (χ1n) is 8.81. The van der Waals surface area contributed by atoms with Crippen LogP contribution in [0.1, 0.15) is 63.6 Å². The van der Waals surface area contributed by atoms with E-state index >= 15 is 0 Å². The van der Waals surface area contributed by atoms with Gasteiger partial charge in [-0.05, 0) is 56.7 Å². The van der Waals surface area contributed by atoms with E-state index in [0.29, 0.717) is 6.04 Å². The van der Waals surface area contributed by atoms with Gasteiger partial charge in [-0.1, -0.05) is 38.1 Å². The largest absolute Gasteiger partial charge is 0.311 e. The van der Waals surface area contributed by atoms with Gasteiger partial charge in [0.1, 0.15) is 0 Å². The molecule has 1 aromatic carbocycles. The molecule has 2 bridgehead atoms. The Balaban J connectivity index is 1.72. The van der Waals surface area contributed by atoms with E-state index in [-0.39, 0.29) is 0 Å². The summed E-state index contributed by atoms with van der Waals surface area (Å²) in [5.41, 5.74) is 2.91. The van der Waals surface area contributed by atoms with Gasteiger partial charge in [-0.2, -0.15) is 0 Å². The van der Waals surface area contributed by atoms with Crippen LogP contribution < -0.4 is 5.32 Å². The van der Waals surface area contributed by atoms with Gasteiger partial charge in [0.15, 0.2) is 0 Å². The molecule has 2 nitrogen and oxygen atoms in total. The normalized spacial score (nSPS) is 29.8. The van der Waals surface area contributed by atoms with E-state index in [1.807, 2.05) is 0 Å². The van der Waals surface area contributed by atoms with Crippen LogP contribution in [0.15, 0.2) is 24.3 Å². The van der Waals surface area contributed by atoms with Crippen molar-refractivity contribution >= 4 is 0 Å². The molecule has 2 fully saturated rings. The molecular weight excluding hydrogens is 256 g/mol. The maximum atomic E-state index is 3.77. The Bertz CT molecular complexity index is 441. The number of benzene rings is 1. The first kappa shape index (κ1) is 15.1. The molecule has 3 unspecified atom stereocenters. The zero-order valence-corrected chi connectivity index (χ0v) is 13.8. The van der Waals surface area contributed by atoms with E-state index in [2.05, 4.69) is 55.3 Å². The van der Waals surface area contributed by atoms with Crippen molar-refractivity contribution in [3.8, 4) is 0 Å². The van der Waals surface area contributed by atoms with Crippen molar-refractivity contribution in [1.82, 2.24) is 10.2 Å². The van der Waals surface area contributed by atoms with Gasteiger partial charge >= 0.3 is 0 Å². The number of nitrogens with one attached hydrogen (secondary N) is 1. The summed E-state index contributed by atoms with van der Waals surface area (Å²) < 4.78 is 0. The van der Waals surface area contributed by atoms with Gasteiger partial charge in [-0.25, -0.2) is 0 Å². The molecule has 3 atom stereocenters. The van der Waals surface area contributed by atoms with Gasteiger partial charge in [0, 0.05) is 24.2 Å². The molecule has 0 amide bonds. The molecule has 21 heavy (non-hydrogen) atoms. The quantitative estimate of drug-likeness (QED) is 0.882. The van der Waals surface area contributed by atoms with Crippen LogP contribution in [-0.2, 0) is 6.42 Å². The van der Waals surface area contributed by atoms with Crippen molar-refractivity contribution in [1.29, 1.82) is 0 Å². The highest BCUT2D eigenvalue weighted by molar-refractivity contribution is 5.25. The average Bonchev–Trinajstić information content (AvgIpc) is 2.86. The SMILES string of the molecule is CCc1ccc(C(C)N(CC)C2CC3CCC(C2)N3)cc1. The summed E-state index contributed by atoms with van der Waals surface area (Å²) in [6.07, 6.45) is 6.57. The van der Waals surface area contributed by atoms with Crippen LogP contribution in [0.25, 0.3) is 0 Å². The highest BCUT2D eigenvalue weighted by atomic mass is 15.2. The third-order valence-corrected chi connectivity index (χ3v) is 5.65. The standard InChI is InChI=1S/C19H30N2/c1-4-15-6-8-16(9-7-15)14(3)21(5-2)19-12-17-10-11-18(13-19)20-17/h6-9,14,17-20H,4-5,10-13H2,1-3H3. The Morgan fingerprint density at radius 3 is 2.24 bits per heavy atom. The third kappa shape index (κ3) is 3.17. The predicted octanol–water partition coefficient (Wildman–Crippen LogP) is 3.91. The number of piperidine rings is 1. The maximum absolute atomic E-state index is 3.77. The molecule has 0 aromatic heterocycles. The predicted molar refractivity (Wildman–Crippen MR) is 89.6 cm³/mol. The Morgan fingerprint density at radius 2 is 1.71 bits per heavy atom. The number of nitrogens with zero attached hydrogens (tertiary/aromatic N) is 1. The number of hydrogen-bond acceptors (Lipinski definition) is 2. The van der Waals surface area contributed by atoms with Crippen LogP contribution in [-0.4, -0.2) is 29.6 Å². The molecule has 0 saturated carbocycles. The van der Waals surface area contributed by atoms with Crippen LogP contribution >= 0.6 is 0 Å². The fourth-order valence-electron chi connectivity index (χ4n) is 4.37. The first-order valence-corrected chi connectivity index (χ1v) is 8.81. The van der Waals surface area contributed by atoms with Crippen molar-refractivity contribution < 1.29 is 0 Å². The lowest BCUT2D eigenvalue weighted by Crippen LogP contribution is -2.48. The van der Waals surface area contributed by atoms with Crippen molar-refractivity contribution in [2.45, 2.75) is 77.0 Å². The second kappa shape index (κ2) is 6.50. The van der Waals surface area contributed by atoms with E-state index in [9.17, 15) is 0 Å². The zero-order chi connectivity index (χ0) is 14.8. The van der Waals surface area contributed by atoms with Gasteiger partial charge in [0.05, 0.1) is 0 Å². The highest BCUT2D eigenvalue weighted by Gasteiger charge is 2.36. The van der Waals surface area contributed by atoms with E-state index in [0.717, 1.165) is 31.1 Å². The number of rotatable bonds is 5. The Kier molecular flexibility index (Phi) is 4.66. The summed E-state index contributed by atoms with van der Waals surface area (Å²) in [6.45, 7) is 8.08. The van der Waals surface area contributed by atoms with Crippen LogP contribution in [0.2, 0.25) is 0 Å². The van der Waals surface area contributed by atoms with Crippen molar-refractivity contribution in [2.75, 3.05) is 6.54 Å². The van der Waals surface area contributed by atoms with E-state index in [1.165, 1.54) is 36.8 Å². The molecule has 0 radical (unpaired) electrons. The number of hydrogen-bond donors (Lipinski definition) is 1. The fraction of sp³-hybridized carbons (Fsp3) is 0.684. The molecule has 0 spiro atoms. The van der Waals surface area contributed by atoms with Crippen LogP contribution in [0.5, 0.6) is 0 Å². The lowest BCUT2D eigenvalue weighted by molar-refractivity contribution is 0.108. The molecule has 2 saturated heterocycles. The zero-order valence-electron chi connectivity index (χ0n) is 13.8.